The molecule has 0 aliphatic rings. The maximum Gasteiger partial charge on any atom is 0.330 e. The van der Waals surface area contributed by atoms with Crippen LogP contribution in [0.1, 0.15) is 42.5 Å². The predicted molar refractivity (Wildman–Crippen MR) is 183 cm³/mol. The van der Waals surface area contributed by atoms with Crippen molar-refractivity contribution >= 4 is 36.3 Å². The highest BCUT2D eigenvalue weighted by atomic mass is 31.2. The van der Waals surface area contributed by atoms with Gasteiger partial charge in [0.2, 0.25) is 5.52 Å². The van der Waals surface area contributed by atoms with Gasteiger partial charge in [0.25, 0.3) is 0 Å². The molecule has 0 spiro atoms. The van der Waals surface area contributed by atoms with Crippen LogP contribution in [0.15, 0.2) is 121 Å². The number of aryl methyl sites for hydroxylation is 1. The molecule has 0 saturated carbocycles. The fourth-order valence-electron chi connectivity index (χ4n) is 5.47. The zero-order valence-corrected chi connectivity index (χ0v) is 26.6. The van der Waals surface area contributed by atoms with Crippen LogP contribution in [0.3, 0.4) is 0 Å². The van der Waals surface area contributed by atoms with E-state index >= 15 is 0 Å². The minimum Gasteiger partial charge on any atom is -0.363 e. The molecule has 0 radical (unpaired) electrons. The molecule has 0 unspecified atom stereocenters. The minimum absolute atomic E-state index is 0.386. The third-order valence-corrected chi connectivity index (χ3v) is 9.75. The summed E-state index contributed by atoms with van der Waals surface area (Å²) in [6.07, 6.45) is 7.59. The molecular weight excluding hydrogens is 563 g/mol. The van der Waals surface area contributed by atoms with Gasteiger partial charge in [0, 0.05) is 37.3 Å². The lowest BCUT2D eigenvalue weighted by Crippen LogP contribution is -2.34. The van der Waals surface area contributed by atoms with Crippen molar-refractivity contribution in [1.29, 1.82) is 0 Å². The highest BCUT2D eigenvalue weighted by Gasteiger charge is 2.24. The van der Waals surface area contributed by atoms with Crippen LogP contribution in [0, 0.1) is 0 Å². The second-order valence-electron chi connectivity index (χ2n) is 10.8. The largest absolute Gasteiger partial charge is 0.363 e. The molecule has 0 N–H and O–H groups in total. The summed E-state index contributed by atoms with van der Waals surface area (Å²) >= 11 is 0. The van der Waals surface area contributed by atoms with Gasteiger partial charge in [-0.2, -0.15) is 4.57 Å². The van der Waals surface area contributed by atoms with Crippen molar-refractivity contribution in [2.24, 2.45) is 0 Å². The fraction of sp³-hybridized carbons (Fsp3) is 0.237. The monoisotopic (exact) mass is 605 g/mol. The normalized spacial score (nSPS) is 11.8. The number of anilines is 1. The average Bonchev–Trinajstić information content (AvgIpc) is 3.05. The van der Waals surface area contributed by atoms with Crippen LogP contribution >= 0.6 is 7.60 Å². The Hall–Kier alpha value is -4.02. The first-order valence-corrected chi connectivity index (χ1v) is 17.2. The molecule has 44 heavy (non-hydrogen) atoms. The SMILES string of the molecule is CCOP(=O)(CCC[n+]1ccc(C=Cc2ccc(N(Cc3ccccc3)Cc3ccccc3)cc2)c2ccccc21)OCC. The van der Waals surface area contributed by atoms with Gasteiger partial charge in [-0.05, 0) is 54.3 Å². The van der Waals surface area contributed by atoms with Gasteiger partial charge < -0.3 is 13.9 Å². The third kappa shape index (κ3) is 8.54. The summed E-state index contributed by atoms with van der Waals surface area (Å²) in [6.45, 7) is 6.89. The van der Waals surface area contributed by atoms with Crippen molar-refractivity contribution in [3.8, 4) is 0 Å². The Balaban J connectivity index is 1.31. The quantitative estimate of drug-likeness (QED) is 0.0882. The molecule has 5 aromatic rings. The van der Waals surface area contributed by atoms with E-state index in [9.17, 15) is 4.57 Å². The van der Waals surface area contributed by atoms with E-state index in [1.807, 2.05) is 13.8 Å². The molecule has 0 aliphatic carbocycles. The second kappa shape index (κ2) is 15.6. The van der Waals surface area contributed by atoms with E-state index in [2.05, 4.69) is 143 Å². The summed E-state index contributed by atoms with van der Waals surface area (Å²) in [5, 5.41) is 1.18. The van der Waals surface area contributed by atoms with E-state index in [-0.39, 0.29) is 0 Å². The van der Waals surface area contributed by atoms with Crippen molar-refractivity contribution < 1.29 is 18.2 Å². The van der Waals surface area contributed by atoms with Crippen LogP contribution in [0.2, 0.25) is 0 Å². The number of rotatable bonds is 15. The Morgan fingerprint density at radius 1 is 0.705 bits per heavy atom. The Morgan fingerprint density at radius 2 is 1.30 bits per heavy atom. The van der Waals surface area contributed by atoms with Gasteiger partial charge in [-0.25, -0.2) is 0 Å². The van der Waals surface area contributed by atoms with Crippen LogP contribution in [-0.4, -0.2) is 19.4 Å². The third-order valence-electron chi connectivity index (χ3n) is 7.59. The highest BCUT2D eigenvalue weighted by molar-refractivity contribution is 7.53. The van der Waals surface area contributed by atoms with Gasteiger partial charge in [0.1, 0.15) is 6.54 Å². The molecule has 1 aromatic heterocycles. The number of aromatic nitrogens is 1. The Bertz CT molecular complexity index is 1640. The molecule has 4 aromatic carbocycles. The van der Waals surface area contributed by atoms with Gasteiger partial charge in [-0.15, -0.1) is 0 Å². The molecule has 0 bridgehead atoms. The zero-order valence-electron chi connectivity index (χ0n) is 25.7. The lowest BCUT2D eigenvalue weighted by molar-refractivity contribution is -0.671. The van der Waals surface area contributed by atoms with Crippen LogP contribution < -0.4 is 9.47 Å². The highest BCUT2D eigenvalue weighted by Crippen LogP contribution is 2.48. The van der Waals surface area contributed by atoms with Crippen molar-refractivity contribution in [3.63, 3.8) is 0 Å². The molecule has 5 nitrogen and oxygen atoms in total. The molecule has 0 fully saturated rings. The Morgan fingerprint density at radius 3 is 1.91 bits per heavy atom. The number of hydrogen-bond acceptors (Lipinski definition) is 4. The Kier molecular flexibility index (Phi) is 11.2. The first-order chi connectivity index (χ1) is 21.6. The van der Waals surface area contributed by atoms with Crippen molar-refractivity contribution in [2.75, 3.05) is 24.3 Å². The summed E-state index contributed by atoms with van der Waals surface area (Å²) < 4.78 is 26.1. The summed E-state index contributed by atoms with van der Waals surface area (Å²) in [5.41, 5.74) is 7.22. The molecule has 6 heteroatoms. The first kappa shape index (κ1) is 31.4. The summed E-state index contributed by atoms with van der Waals surface area (Å²) in [5.74, 6) is 0. The van der Waals surface area contributed by atoms with E-state index in [4.69, 9.17) is 9.05 Å². The van der Waals surface area contributed by atoms with Gasteiger partial charge in [-0.1, -0.05) is 97.1 Å². The molecular formula is C38H42N2O3P+. The van der Waals surface area contributed by atoms with E-state index in [0.29, 0.717) is 25.8 Å². The van der Waals surface area contributed by atoms with Crippen molar-refractivity contribution in [1.82, 2.24) is 0 Å². The van der Waals surface area contributed by atoms with Crippen LogP contribution in [0.4, 0.5) is 5.69 Å². The van der Waals surface area contributed by atoms with Crippen molar-refractivity contribution in [2.45, 2.75) is 39.9 Å². The first-order valence-electron chi connectivity index (χ1n) is 15.5. The molecule has 0 saturated heterocycles. The van der Waals surface area contributed by atoms with E-state index in [0.717, 1.165) is 36.3 Å². The predicted octanol–water partition coefficient (Wildman–Crippen LogP) is 9.16. The van der Waals surface area contributed by atoms with Gasteiger partial charge in [0.15, 0.2) is 6.20 Å². The molecule has 226 valence electrons. The molecule has 1 heterocycles. The van der Waals surface area contributed by atoms with Gasteiger partial charge in [-0.3, -0.25) is 4.57 Å². The molecule has 0 aliphatic heterocycles. The number of hydrogen-bond donors (Lipinski definition) is 0. The molecule has 0 amide bonds. The van der Waals surface area contributed by atoms with Crippen molar-refractivity contribution in [3.05, 3.63) is 144 Å². The van der Waals surface area contributed by atoms with Crippen LogP contribution in [0.5, 0.6) is 0 Å². The molecule has 0 atom stereocenters. The lowest BCUT2D eigenvalue weighted by Gasteiger charge is -2.25. The number of benzene rings is 4. The zero-order chi connectivity index (χ0) is 30.6. The topological polar surface area (TPSA) is 42.7 Å². The number of pyridine rings is 1. The molecule has 5 rings (SSSR count). The van der Waals surface area contributed by atoms with E-state index in [1.165, 1.54) is 22.2 Å². The summed E-state index contributed by atoms with van der Waals surface area (Å²) in [7, 11) is -3.04. The average molecular weight is 606 g/mol. The lowest BCUT2D eigenvalue weighted by atomic mass is 10.1. The maximum absolute atomic E-state index is 12.9. The Labute approximate surface area is 261 Å². The van der Waals surface area contributed by atoms with E-state index in [1.54, 1.807) is 0 Å². The number of fused-ring (bicyclic) bond motifs is 1. The van der Waals surface area contributed by atoms with Crippen LogP contribution in [0.25, 0.3) is 23.1 Å². The van der Waals surface area contributed by atoms with E-state index < -0.39 is 7.60 Å². The minimum atomic E-state index is -3.04. The summed E-state index contributed by atoms with van der Waals surface area (Å²) in [4.78, 5) is 2.42. The summed E-state index contributed by atoms with van der Waals surface area (Å²) in [6, 6.07) is 40.7. The van der Waals surface area contributed by atoms with Gasteiger partial charge >= 0.3 is 7.60 Å². The maximum atomic E-state index is 12.9. The smallest absolute Gasteiger partial charge is 0.330 e. The number of para-hydroxylation sites is 1. The fourth-order valence-corrected chi connectivity index (χ4v) is 7.12. The van der Waals surface area contributed by atoms with Crippen LogP contribution in [-0.2, 0) is 33.2 Å². The standard InChI is InChI=1S/C38H42N2O3P/c1-3-42-44(41,43-4-2)29-13-27-39-28-26-35(37-18-11-12-19-38(37)39)23-20-32-21-24-36(25-22-32)40(30-33-14-7-5-8-15-33)31-34-16-9-6-10-17-34/h5-12,14-26,28H,3-4,13,27,29-31H2,1-2H3/q+1. The van der Waals surface area contributed by atoms with Gasteiger partial charge in [0.05, 0.1) is 24.8 Å². The number of nitrogens with zero attached hydrogens (tertiary/aromatic N) is 2. The second-order valence-corrected chi connectivity index (χ2v) is 12.9.